The zero-order chi connectivity index (χ0) is 25.6. The molecular formula is C29H38N4O2. The van der Waals surface area contributed by atoms with Gasteiger partial charge < -0.3 is 10.2 Å². The number of amides is 2. The number of anilines is 1. The lowest BCUT2D eigenvalue weighted by Crippen LogP contribution is -2.39. The van der Waals surface area contributed by atoms with Crippen molar-refractivity contribution in [3.63, 3.8) is 0 Å². The third kappa shape index (κ3) is 7.04. The Morgan fingerprint density at radius 2 is 1.74 bits per heavy atom. The number of unbranched alkanes of at least 4 members (excludes halogenated alkanes) is 1. The molecule has 0 radical (unpaired) electrons. The van der Waals surface area contributed by atoms with E-state index in [9.17, 15) is 9.59 Å². The SMILES string of the molecule is CCCCN(CC(=O)Nc1cc(C(C)(C)C)nn1-c1ccc(C)cc1C)C(=O)Cc1ccccc1. The van der Waals surface area contributed by atoms with Crippen LogP contribution in [-0.2, 0) is 21.4 Å². The van der Waals surface area contributed by atoms with Gasteiger partial charge in [0, 0.05) is 18.0 Å². The van der Waals surface area contributed by atoms with E-state index in [2.05, 4.69) is 46.0 Å². The number of carbonyl (C=O) groups is 2. The number of aromatic nitrogens is 2. The number of rotatable bonds is 9. The maximum atomic E-state index is 13.2. The van der Waals surface area contributed by atoms with Gasteiger partial charge in [-0.3, -0.25) is 9.59 Å². The lowest BCUT2D eigenvalue weighted by molar-refractivity contribution is -0.134. The summed E-state index contributed by atoms with van der Waals surface area (Å²) in [7, 11) is 0. The molecule has 1 N–H and O–H groups in total. The highest BCUT2D eigenvalue weighted by atomic mass is 16.2. The maximum absolute atomic E-state index is 13.2. The summed E-state index contributed by atoms with van der Waals surface area (Å²) in [5.74, 6) is 0.338. The molecule has 0 saturated carbocycles. The van der Waals surface area contributed by atoms with E-state index in [0.717, 1.165) is 35.3 Å². The van der Waals surface area contributed by atoms with Crippen molar-refractivity contribution in [2.45, 2.75) is 66.2 Å². The predicted octanol–water partition coefficient (Wildman–Crippen LogP) is 5.60. The molecule has 2 amide bonds. The van der Waals surface area contributed by atoms with Crippen LogP contribution in [0.1, 0.15) is 62.9 Å². The summed E-state index contributed by atoms with van der Waals surface area (Å²) in [5.41, 5.74) is 4.82. The molecule has 0 aliphatic heterocycles. The van der Waals surface area contributed by atoms with Crippen LogP contribution in [0.3, 0.4) is 0 Å². The Kier molecular flexibility index (Phi) is 8.49. The van der Waals surface area contributed by atoms with Crippen LogP contribution in [0.2, 0.25) is 0 Å². The minimum Gasteiger partial charge on any atom is -0.333 e. The van der Waals surface area contributed by atoms with E-state index in [1.54, 1.807) is 9.58 Å². The van der Waals surface area contributed by atoms with E-state index in [1.165, 1.54) is 5.56 Å². The highest BCUT2D eigenvalue weighted by molar-refractivity contribution is 5.94. The maximum Gasteiger partial charge on any atom is 0.245 e. The first-order chi connectivity index (χ1) is 16.6. The predicted molar refractivity (Wildman–Crippen MR) is 142 cm³/mol. The van der Waals surface area contributed by atoms with Gasteiger partial charge in [0.25, 0.3) is 0 Å². The van der Waals surface area contributed by atoms with Gasteiger partial charge in [0.05, 0.1) is 24.3 Å². The highest BCUT2D eigenvalue weighted by Crippen LogP contribution is 2.27. The number of carbonyl (C=O) groups excluding carboxylic acids is 2. The first-order valence-electron chi connectivity index (χ1n) is 12.4. The van der Waals surface area contributed by atoms with E-state index < -0.39 is 0 Å². The van der Waals surface area contributed by atoms with Crippen molar-refractivity contribution < 1.29 is 9.59 Å². The molecule has 0 bridgehead atoms. The third-order valence-electron chi connectivity index (χ3n) is 5.99. The lowest BCUT2D eigenvalue weighted by Gasteiger charge is -2.22. The molecule has 0 unspecified atom stereocenters. The van der Waals surface area contributed by atoms with Gasteiger partial charge in [-0.1, -0.05) is 82.1 Å². The van der Waals surface area contributed by atoms with Crippen LogP contribution in [0.4, 0.5) is 5.82 Å². The fraction of sp³-hybridized carbons (Fsp3) is 0.414. The topological polar surface area (TPSA) is 67.2 Å². The fourth-order valence-electron chi connectivity index (χ4n) is 3.94. The van der Waals surface area contributed by atoms with Crippen LogP contribution in [-0.4, -0.2) is 39.6 Å². The van der Waals surface area contributed by atoms with Crippen LogP contribution in [0, 0.1) is 13.8 Å². The van der Waals surface area contributed by atoms with E-state index in [0.29, 0.717) is 12.4 Å². The average Bonchev–Trinajstić information content (AvgIpc) is 3.21. The Morgan fingerprint density at radius 3 is 2.37 bits per heavy atom. The van der Waals surface area contributed by atoms with E-state index in [1.807, 2.05) is 55.5 Å². The lowest BCUT2D eigenvalue weighted by atomic mass is 9.92. The summed E-state index contributed by atoms with van der Waals surface area (Å²) >= 11 is 0. The number of nitrogens with zero attached hydrogens (tertiary/aromatic N) is 3. The molecule has 1 heterocycles. The molecule has 3 aromatic rings. The second-order valence-electron chi connectivity index (χ2n) is 10.2. The molecule has 0 aliphatic rings. The number of benzene rings is 2. The molecule has 1 aromatic heterocycles. The standard InChI is InChI=1S/C29H38N4O2/c1-7-8-16-32(28(35)18-23-12-10-9-11-13-23)20-27(34)30-26-19-25(29(4,5)6)31-33(26)24-15-14-21(2)17-22(24)3/h9-15,17,19H,7-8,16,18,20H2,1-6H3,(H,30,34). The van der Waals surface area contributed by atoms with Gasteiger partial charge >= 0.3 is 0 Å². The molecule has 2 aromatic carbocycles. The normalized spacial score (nSPS) is 11.4. The van der Waals surface area contributed by atoms with E-state index in [4.69, 9.17) is 5.10 Å². The zero-order valence-corrected chi connectivity index (χ0v) is 21.9. The number of aryl methyl sites for hydroxylation is 2. The molecule has 0 spiro atoms. The van der Waals surface area contributed by atoms with Gasteiger partial charge in [-0.05, 0) is 37.5 Å². The molecule has 35 heavy (non-hydrogen) atoms. The molecule has 0 aliphatic carbocycles. The summed E-state index contributed by atoms with van der Waals surface area (Å²) < 4.78 is 1.80. The van der Waals surface area contributed by atoms with Gasteiger partial charge in [0.1, 0.15) is 5.82 Å². The van der Waals surface area contributed by atoms with Crippen molar-refractivity contribution in [2.24, 2.45) is 0 Å². The first kappa shape index (κ1) is 26.2. The van der Waals surface area contributed by atoms with Crippen molar-refractivity contribution in [1.82, 2.24) is 14.7 Å². The first-order valence-corrected chi connectivity index (χ1v) is 12.4. The van der Waals surface area contributed by atoms with Gasteiger partial charge in [-0.25, -0.2) is 4.68 Å². The second-order valence-corrected chi connectivity index (χ2v) is 10.2. The summed E-state index contributed by atoms with van der Waals surface area (Å²) in [5, 5.41) is 7.87. The quantitative estimate of drug-likeness (QED) is 0.439. The average molecular weight is 475 g/mol. The summed E-state index contributed by atoms with van der Waals surface area (Å²) in [6.07, 6.45) is 2.08. The largest absolute Gasteiger partial charge is 0.333 e. The Balaban J connectivity index is 1.83. The van der Waals surface area contributed by atoms with Crippen LogP contribution in [0.5, 0.6) is 0 Å². The number of hydrogen-bond donors (Lipinski definition) is 1. The van der Waals surface area contributed by atoms with Crippen molar-refractivity contribution in [2.75, 3.05) is 18.4 Å². The van der Waals surface area contributed by atoms with Crippen LogP contribution in [0.15, 0.2) is 54.6 Å². The summed E-state index contributed by atoms with van der Waals surface area (Å²) in [4.78, 5) is 27.9. The van der Waals surface area contributed by atoms with Gasteiger partial charge in [0.15, 0.2) is 0 Å². The number of nitrogens with one attached hydrogen (secondary N) is 1. The third-order valence-corrected chi connectivity index (χ3v) is 5.99. The number of hydrogen-bond acceptors (Lipinski definition) is 3. The monoisotopic (exact) mass is 474 g/mol. The van der Waals surface area contributed by atoms with Crippen molar-refractivity contribution >= 4 is 17.6 Å². The van der Waals surface area contributed by atoms with Crippen LogP contribution in [0.25, 0.3) is 5.69 Å². The van der Waals surface area contributed by atoms with Crippen LogP contribution < -0.4 is 5.32 Å². The van der Waals surface area contributed by atoms with Crippen molar-refractivity contribution in [3.8, 4) is 5.69 Å². The fourth-order valence-corrected chi connectivity index (χ4v) is 3.94. The Hall–Kier alpha value is -3.41. The van der Waals surface area contributed by atoms with E-state index in [-0.39, 0.29) is 30.2 Å². The molecule has 6 heteroatoms. The Labute approximate surface area is 209 Å². The molecule has 186 valence electrons. The van der Waals surface area contributed by atoms with E-state index >= 15 is 0 Å². The van der Waals surface area contributed by atoms with Gasteiger partial charge in [0.2, 0.25) is 11.8 Å². The smallest absolute Gasteiger partial charge is 0.245 e. The highest BCUT2D eigenvalue weighted by Gasteiger charge is 2.23. The Morgan fingerprint density at radius 1 is 1.03 bits per heavy atom. The van der Waals surface area contributed by atoms with Crippen molar-refractivity contribution in [1.29, 1.82) is 0 Å². The minimum absolute atomic E-state index is 0.00851. The molecule has 0 atom stereocenters. The molecule has 6 nitrogen and oxygen atoms in total. The minimum atomic E-state index is -0.228. The molecule has 0 fully saturated rings. The van der Waals surface area contributed by atoms with Gasteiger partial charge in [-0.2, -0.15) is 5.10 Å². The summed E-state index contributed by atoms with van der Waals surface area (Å²) in [6.45, 7) is 13.0. The molecule has 3 rings (SSSR count). The summed E-state index contributed by atoms with van der Waals surface area (Å²) in [6, 6.07) is 17.8. The van der Waals surface area contributed by atoms with Crippen molar-refractivity contribution in [3.05, 3.63) is 77.0 Å². The molecule has 0 saturated heterocycles. The Bertz CT molecular complexity index is 1160. The second kappa shape index (κ2) is 11.3. The zero-order valence-electron chi connectivity index (χ0n) is 21.9. The van der Waals surface area contributed by atoms with Gasteiger partial charge in [-0.15, -0.1) is 0 Å². The molecular weight excluding hydrogens is 436 g/mol. The van der Waals surface area contributed by atoms with Crippen LogP contribution >= 0.6 is 0 Å².